The molecule has 0 aliphatic carbocycles. The molecule has 2 bridgehead atoms. The first-order valence-corrected chi connectivity index (χ1v) is 12.5. The second kappa shape index (κ2) is 10.7. The number of carbonyl (C=O) groups is 4. The van der Waals surface area contributed by atoms with E-state index in [0.29, 0.717) is 32.4 Å². The number of nitrogens with one attached hydrogen (secondary N) is 2. The highest BCUT2D eigenvalue weighted by Crippen LogP contribution is 2.30. The number of hydroxylamine groups is 2. The van der Waals surface area contributed by atoms with Gasteiger partial charge in [0.1, 0.15) is 18.2 Å². The van der Waals surface area contributed by atoms with Crippen LogP contribution in [0.15, 0.2) is 30.3 Å². The molecule has 2 unspecified atom stereocenters. The minimum Gasteiger partial charge on any atom is -0.444 e. The molecule has 0 aromatic heterocycles. The highest BCUT2D eigenvalue weighted by molar-refractivity contribution is 5.90. The Morgan fingerprint density at radius 2 is 1.81 bits per heavy atom. The van der Waals surface area contributed by atoms with Crippen LogP contribution in [0.2, 0.25) is 0 Å². The van der Waals surface area contributed by atoms with Crippen molar-refractivity contribution in [3.8, 4) is 0 Å². The molecule has 0 saturated carbocycles. The number of piperidine rings is 1. The van der Waals surface area contributed by atoms with Crippen molar-refractivity contribution in [3.63, 3.8) is 0 Å². The zero-order valence-corrected chi connectivity index (χ0v) is 21.1. The average Bonchev–Trinajstić information content (AvgIpc) is 3.38. The van der Waals surface area contributed by atoms with Crippen LogP contribution in [0.1, 0.15) is 58.4 Å². The number of urea groups is 1. The van der Waals surface area contributed by atoms with Crippen LogP contribution in [-0.4, -0.2) is 75.6 Å². The third kappa shape index (κ3) is 6.07. The molecule has 5 amide bonds. The van der Waals surface area contributed by atoms with E-state index in [1.165, 1.54) is 9.96 Å². The lowest BCUT2D eigenvalue weighted by Crippen LogP contribution is -2.54. The molecule has 3 atom stereocenters. The van der Waals surface area contributed by atoms with Crippen molar-refractivity contribution in [2.24, 2.45) is 0 Å². The van der Waals surface area contributed by atoms with Gasteiger partial charge >= 0.3 is 12.1 Å². The van der Waals surface area contributed by atoms with E-state index in [4.69, 9.17) is 9.57 Å². The lowest BCUT2D eigenvalue weighted by Gasteiger charge is -2.29. The minimum absolute atomic E-state index is 0.0516. The number of ether oxygens (including phenoxy) is 1. The van der Waals surface area contributed by atoms with E-state index in [9.17, 15) is 19.2 Å². The Balaban J connectivity index is 1.25. The molecule has 3 fully saturated rings. The molecule has 4 rings (SSSR count). The van der Waals surface area contributed by atoms with Crippen LogP contribution < -0.4 is 10.9 Å². The molecule has 0 spiro atoms. The van der Waals surface area contributed by atoms with Gasteiger partial charge in [-0.15, -0.1) is 0 Å². The summed E-state index contributed by atoms with van der Waals surface area (Å²) in [5.74, 6) is -0.853. The normalized spacial score (nSPS) is 23.6. The van der Waals surface area contributed by atoms with Gasteiger partial charge in [-0.2, -0.15) is 5.06 Å². The fourth-order valence-electron chi connectivity index (χ4n) is 4.88. The van der Waals surface area contributed by atoms with Crippen molar-refractivity contribution >= 4 is 23.9 Å². The first-order chi connectivity index (χ1) is 17.1. The molecule has 3 aliphatic rings. The number of amides is 5. The van der Waals surface area contributed by atoms with Crippen LogP contribution >= 0.6 is 0 Å². The highest BCUT2D eigenvalue weighted by Gasteiger charge is 2.48. The Morgan fingerprint density at radius 3 is 2.53 bits per heavy atom. The third-order valence-corrected chi connectivity index (χ3v) is 6.59. The molecular formula is C25H35N5O6. The summed E-state index contributed by atoms with van der Waals surface area (Å²) in [6.07, 6.45) is 2.17. The molecule has 3 aliphatic heterocycles. The summed E-state index contributed by atoms with van der Waals surface area (Å²) >= 11 is 0. The summed E-state index contributed by atoms with van der Waals surface area (Å²) in [5, 5.41) is 1.37. The van der Waals surface area contributed by atoms with Gasteiger partial charge in [0.15, 0.2) is 0 Å². The van der Waals surface area contributed by atoms with Crippen LogP contribution in [-0.2, 0) is 25.8 Å². The van der Waals surface area contributed by atoms with Gasteiger partial charge in [-0.3, -0.25) is 25.3 Å². The number of benzene rings is 1. The van der Waals surface area contributed by atoms with E-state index in [1.54, 1.807) is 25.7 Å². The first-order valence-electron chi connectivity index (χ1n) is 12.5. The third-order valence-electron chi connectivity index (χ3n) is 6.59. The van der Waals surface area contributed by atoms with Crippen LogP contribution in [0.4, 0.5) is 9.59 Å². The zero-order chi connectivity index (χ0) is 25.9. The summed E-state index contributed by atoms with van der Waals surface area (Å²) in [6.45, 7) is 6.59. The van der Waals surface area contributed by atoms with Crippen molar-refractivity contribution in [3.05, 3.63) is 35.9 Å². The maximum absolute atomic E-state index is 12.9. The Labute approximate surface area is 211 Å². The zero-order valence-electron chi connectivity index (χ0n) is 21.1. The van der Waals surface area contributed by atoms with Gasteiger partial charge in [0.25, 0.3) is 5.91 Å². The van der Waals surface area contributed by atoms with Crippen molar-refractivity contribution < 1.29 is 28.8 Å². The van der Waals surface area contributed by atoms with E-state index in [0.717, 1.165) is 12.0 Å². The fourth-order valence-corrected chi connectivity index (χ4v) is 4.88. The highest BCUT2D eigenvalue weighted by atomic mass is 16.7. The maximum atomic E-state index is 12.9. The van der Waals surface area contributed by atoms with E-state index >= 15 is 0 Å². The van der Waals surface area contributed by atoms with E-state index in [-0.39, 0.29) is 31.1 Å². The Morgan fingerprint density at radius 1 is 1.06 bits per heavy atom. The van der Waals surface area contributed by atoms with Gasteiger partial charge < -0.3 is 14.5 Å². The Bertz CT molecular complexity index is 981. The molecule has 11 heteroatoms. The summed E-state index contributed by atoms with van der Waals surface area (Å²) in [4.78, 5) is 59.5. The van der Waals surface area contributed by atoms with E-state index < -0.39 is 29.6 Å². The predicted molar refractivity (Wildman–Crippen MR) is 129 cm³/mol. The van der Waals surface area contributed by atoms with Crippen molar-refractivity contribution in [2.45, 2.75) is 83.2 Å². The molecule has 36 heavy (non-hydrogen) atoms. The van der Waals surface area contributed by atoms with Gasteiger partial charge in [-0.1, -0.05) is 30.3 Å². The number of hydrogen-bond acceptors (Lipinski definition) is 6. The van der Waals surface area contributed by atoms with Crippen LogP contribution in [0.5, 0.6) is 0 Å². The summed E-state index contributed by atoms with van der Waals surface area (Å²) in [6, 6.07) is 8.13. The number of likely N-dealkylation sites (tertiary alicyclic amines) is 1. The largest absolute Gasteiger partial charge is 0.444 e. The SMILES string of the molecule is CC(C)(C)OC(=O)N1CCC[C@H]1CC(=O)NNC(=O)C1CCC2CN1C(=O)N2OCc1ccccc1. The predicted octanol–water partition coefficient (Wildman–Crippen LogP) is 2.32. The van der Waals surface area contributed by atoms with Crippen LogP contribution in [0, 0.1) is 0 Å². The molecule has 196 valence electrons. The van der Waals surface area contributed by atoms with Crippen molar-refractivity contribution in [1.82, 2.24) is 25.7 Å². The quantitative estimate of drug-likeness (QED) is 0.578. The maximum Gasteiger partial charge on any atom is 0.410 e. The number of hydrogen-bond donors (Lipinski definition) is 2. The summed E-state index contributed by atoms with van der Waals surface area (Å²) < 4.78 is 5.43. The fraction of sp³-hybridized carbons (Fsp3) is 0.600. The lowest BCUT2D eigenvalue weighted by molar-refractivity contribution is -0.140. The number of nitrogens with zero attached hydrogens (tertiary/aromatic N) is 3. The molecule has 3 heterocycles. The standard InChI is InChI=1S/C25H35N5O6/c1-25(2,3)36-24(34)28-13-7-10-18(28)14-21(31)26-27-22(32)20-12-11-19-15-29(20)23(33)30(19)35-16-17-8-5-4-6-9-17/h4-6,8-9,18-20H,7,10-16H2,1-3H3,(H,26,31)(H,27,32)/t18-,19?,20?/m0/s1. The van der Waals surface area contributed by atoms with Gasteiger partial charge in [0.2, 0.25) is 5.91 Å². The Hall–Kier alpha value is -3.34. The molecule has 2 N–H and O–H groups in total. The van der Waals surface area contributed by atoms with Crippen molar-refractivity contribution in [1.29, 1.82) is 0 Å². The van der Waals surface area contributed by atoms with Gasteiger partial charge in [-0.25, -0.2) is 9.59 Å². The van der Waals surface area contributed by atoms with E-state index in [1.807, 2.05) is 30.3 Å². The van der Waals surface area contributed by atoms with E-state index in [2.05, 4.69) is 10.9 Å². The lowest BCUT2D eigenvalue weighted by atomic mass is 10.0. The molecule has 1 aromatic carbocycles. The number of hydrazine groups is 1. The van der Waals surface area contributed by atoms with Gasteiger partial charge in [0.05, 0.1) is 6.04 Å². The van der Waals surface area contributed by atoms with Crippen LogP contribution in [0.3, 0.4) is 0 Å². The molecular weight excluding hydrogens is 466 g/mol. The van der Waals surface area contributed by atoms with Gasteiger partial charge in [-0.05, 0) is 52.0 Å². The topological polar surface area (TPSA) is 121 Å². The minimum atomic E-state index is -0.691. The smallest absolute Gasteiger partial charge is 0.410 e. The summed E-state index contributed by atoms with van der Waals surface area (Å²) in [5.41, 5.74) is 5.24. The second-order valence-electron chi connectivity index (χ2n) is 10.5. The molecule has 0 radical (unpaired) electrons. The van der Waals surface area contributed by atoms with Crippen LogP contribution in [0.25, 0.3) is 0 Å². The monoisotopic (exact) mass is 501 g/mol. The Kier molecular flexibility index (Phi) is 7.67. The summed E-state index contributed by atoms with van der Waals surface area (Å²) in [7, 11) is 0. The van der Waals surface area contributed by atoms with Gasteiger partial charge in [0, 0.05) is 25.6 Å². The number of rotatable bonds is 6. The number of fused-ring (bicyclic) bond motifs is 2. The molecule has 11 nitrogen and oxygen atoms in total. The average molecular weight is 502 g/mol. The van der Waals surface area contributed by atoms with Crippen molar-refractivity contribution in [2.75, 3.05) is 13.1 Å². The first kappa shape index (κ1) is 25.7. The molecule has 1 aromatic rings. The molecule has 3 saturated heterocycles. The number of carbonyl (C=O) groups excluding carboxylic acids is 4. The second-order valence-corrected chi connectivity index (χ2v) is 10.5.